The van der Waals surface area contributed by atoms with Crippen molar-refractivity contribution in [3.63, 3.8) is 0 Å². The lowest BCUT2D eigenvalue weighted by Crippen LogP contribution is -2.50. The molecule has 2 fully saturated rings. The summed E-state index contributed by atoms with van der Waals surface area (Å²) in [5.74, 6) is 1.58. The zero-order valence-corrected chi connectivity index (χ0v) is 13.6. The third-order valence-electron chi connectivity index (χ3n) is 5.08. The van der Waals surface area contributed by atoms with Crippen LogP contribution in [0.4, 0.5) is 5.69 Å². The Labute approximate surface area is 128 Å². The Hall–Kier alpha value is -1.22. The minimum Gasteiger partial charge on any atom is -0.495 e. The van der Waals surface area contributed by atoms with Crippen LogP contribution in [0.1, 0.15) is 44.6 Å². The maximum atomic E-state index is 5.64. The van der Waals surface area contributed by atoms with Crippen LogP contribution in [0.2, 0.25) is 0 Å². The predicted molar refractivity (Wildman–Crippen MR) is 88.5 cm³/mol. The van der Waals surface area contributed by atoms with E-state index in [1.165, 1.54) is 43.6 Å². The van der Waals surface area contributed by atoms with Crippen molar-refractivity contribution in [3.8, 4) is 5.75 Å². The monoisotopic (exact) mass is 288 g/mol. The van der Waals surface area contributed by atoms with Gasteiger partial charge < -0.3 is 14.5 Å². The standard InChI is InChI=1S/C18H28N2O/c1-14(2)15-5-6-17(18(13-15)21-3)20-11-7-16(8-12-20)19-9-4-10-19/h5-6,13-14,16H,4,7-12H2,1-3H3. The summed E-state index contributed by atoms with van der Waals surface area (Å²) in [6.07, 6.45) is 3.97. The normalized spacial score (nSPS) is 20.7. The lowest BCUT2D eigenvalue weighted by molar-refractivity contribution is 0.100. The molecule has 0 aliphatic carbocycles. The number of hydrogen-bond donors (Lipinski definition) is 0. The fourth-order valence-corrected chi connectivity index (χ4v) is 3.49. The van der Waals surface area contributed by atoms with Crippen LogP contribution in [0.15, 0.2) is 18.2 Å². The van der Waals surface area contributed by atoms with Crippen LogP contribution in [0.5, 0.6) is 5.75 Å². The van der Waals surface area contributed by atoms with E-state index in [-0.39, 0.29) is 0 Å². The van der Waals surface area contributed by atoms with Crippen LogP contribution in [0, 0.1) is 0 Å². The summed E-state index contributed by atoms with van der Waals surface area (Å²) in [5, 5.41) is 0. The van der Waals surface area contributed by atoms with Crippen molar-refractivity contribution in [3.05, 3.63) is 23.8 Å². The smallest absolute Gasteiger partial charge is 0.142 e. The number of piperidine rings is 1. The zero-order valence-electron chi connectivity index (χ0n) is 13.6. The van der Waals surface area contributed by atoms with Gasteiger partial charge in [0.05, 0.1) is 12.8 Å². The minimum absolute atomic E-state index is 0.546. The molecule has 3 rings (SSSR count). The Bertz CT molecular complexity index is 474. The van der Waals surface area contributed by atoms with E-state index in [2.05, 4.69) is 41.8 Å². The molecular weight excluding hydrogens is 260 g/mol. The number of anilines is 1. The van der Waals surface area contributed by atoms with Crippen LogP contribution in [0.25, 0.3) is 0 Å². The molecule has 0 amide bonds. The second kappa shape index (κ2) is 6.27. The first-order chi connectivity index (χ1) is 10.2. The Morgan fingerprint density at radius 2 is 1.81 bits per heavy atom. The van der Waals surface area contributed by atoms with Crippen molar-refractivity contribution in [1.29, 1.82) is 0 Å². The first kappa shape index (κ1) is 14.7. The van der Waals surface area contributed by atoms with Crippen LogP contribution >= 0.6 is 0 Å². The van der Waals surface area contributed by atoms with Crippen molar-refractivity contribution in [1.82, 2.24) is 4.90 Å². The molecule has 0 unspecified atom stereocenters. The maximum Gasteiger partial charge on any atom is 0.142 e. The number of nitrogens with zero attached hydrogens (tertiary/aromatic N) is 2. The summed E-state index contributed by atoms with van der Waals surface area (Å²) in [7, 11) is 1.79. The summed E-state index contributed by atoms with van der Waals surface area (Å²) in [4.78, 5) is 5.15. The third kappa shape index (κ3) is 3.03. The highest BCUT2D eigenvalue weighted by Gasteiger charge is 2.28. The zero-order chi connectivity index (χ0) is 14.8. The molecule has 1 aromatic rings. The van der Waals surface area contributed by atoms with Crippen LogP contribution in [0.3, 0.4) is 0 Å². The van der Waals surface area contributed by atoms with Gasteiger partial charge in [-0.3, -0.25) is 0 Å². The van der Waals surface area contributed by atoms with Gasteiger partial charge in [0.1, 0.15) is 5.75 Å². The fourth-order valence-electron chi connectivity index (χ4n) is 3.49. The molecule has 2 aliphatic rings. The Morgan fingerprint density at radius 3 is 2.33 bits per heavy atom. The summed E-state index contributed by atoms with van der Waals surface area (Å²) in [6, 6.07) is 7.53. The lowest BCUT2D eigenvalue weighted by atomic mass is 9.98. The average Bonchev–Trinajstić information content (AvgIpc) is 2.45. The molecule has 0 bridgehead atoms. The Kier molecular flexibility index (Phi) is 4.39. The number of methoxy groups -OCH3 is 1. The molecule has 0 N–H and O–H groups in total. The summed E-state index contributed by atoms with van der Waals surface area (Å²) < 4.78 is 5.64. The molecule has 3 heteroatoms. The van der Waals surface area contributed by atoms with Crippen molar-refractivity contribution in [2.24, 2.45) is 0 Å². The maximum absolute atomic E-state index is 5.64. The van der Waals surface area contributed by atoms with E-state index in [0.29, 0.717) is 5.92 Å². The third-order valence-corrected chi connectivity index (χ3v) is 5.08. The van der Waals surface area contributed by atoms with E-state index >= 15 is 0 Å². The molecule has 21 heavy (non-hydrogen) atoms. The number of hydrogen-bond acceptors (Lipinski definition) is 3. The highest BCUT2D eigenvalue weighted by molar-refractivity contribution is 5.60. The number of likely N-dealkylation sites (tertiary alicyclic amines) is 1. The molecule has 0 spiro atoms. The number of rotatable bonds is 4. The van der Waals surface area contributed by atoms with E-state index in [0.717, 1.165) is 24.9 Å². The highest BCUT2D eigenvalue weighted by Crippen LogP contribution is 2.34. The largest absolute Gasteiger partial charge is 0.495 e. The van der Waals surface area contributed by atoms with Gasteiger partial charge in [-0.2, -0.15) is 0 Å². The molecule has 2 saturated heterocycles. The van der Waals surface area contributed by atoms with Gasteiger partial charge in [0.15, 0.2) is 0 Å². The topological polar surface area (TPSA) is 15.7 Å². The molecule has 116 valence electrons. The van der Waals surface area contributed by atoms with Crippen molar-refractivity contribution in [2.45, 2.75) is 45.1 Å². The molecule has 0 saturated carbocycles. The summed E-state index contributed by atoms with van der Waals surface area (Å²) in [6.45, 7) is 9.39. The van der Waals surface area contributed by atoms with Crippen LogP contribution < -0.4 is 9.64 Å². The quantitative estimate of drug-likeness (QED) is 0.843. The second-order valence-corrected chi connectivity index (χ2v) is 6.69. The van der Waals surface area contributed by atoms with Crippen molar-refractivity contribution < 1.29 is 4.74 Å². The summed E-state index contributed by atoms with van der Waals surface area (Å²) >= 11 is 0. The Morgan fingerprint density at radius 1 is 1.10 bits per heavy atom. The Balaban J connectivity index is 1.69. The van der Waals surface area contributed by atoms with Gasteiger partial charge in [-0.1, -0.05) is 19.9 Å². The first-order valence-corrected chi connectivity index (χ1v) is 8.36. The van der Waals surface area contributed by atoms with E-state index in [4.69, 9.17) is 4.74 Å². The van der Waals surface area contributed by atoms with Crippen molar-refractivity contribution >= 4 is 5.69 Å². The number of ether oxygens (including phenoxy) is 1. The van der Waals surface area contributed by atoms with Gasteiger partial charge in [-0.15, -0.1) is 0 Å². The molecule has 2 aliphatic heterocycles. The van der Waals surface area contributed by atoms with Crippen LogP contribution in [-0.4, -0.2) is 44.2 Å². The van der Waals surface area contributed by atoms with Gasteiger partial charge in [-0.05, 0) is 56.0 Å². The van der Waals surface area contributed by atoms with E-state index < -0.39 is 0 Å². The second-order valence-electron chi connectivity index (χ2n) is 6.69. The molecule has 0 atom stereocenters. The fraction of sp³-hybridized carbons (Fsp3) is 0.667. The van der Waals surface area contributed by atoms with Crippen LogP contribution in [-0.2, 0) is 0 Å². The van der Waals surface area contributed by atoms with Gasteiger partial charge in [0.25, 0.3) is 0 Å². The lowest BCUT2D eigenvalue weighted by Gasteiger charge is -2.43. The van der Waals surface area contributed by atoms with E-state index in [1.54, 1.807) is 7.11 Å². The molecule has 0 aromatic heterocycles. The molecule has 1 aromatic carbocycles. The van der Waals surface area contributed by atoms with E-state index in [9.17, 15) is 0 Å². The average molecular weight is 288 g/mol. The molecule has 2 heterocycles. The summed E-state index contributed by atoms with van der Waals surface area (Å²) in [5.41, 5.74) is 2.62. The SMILES string of the molecule is COc1cc(C(C)C)ccc1N1CCC(N2CCC2)CC1. The van der Waals surface area contributed by atoms with Gasteiger partial charge in [0.2, 0.25) is 0 Å². The van der Waals surface area contributed by atoms with Gasteiger partial charge >= 0.3 is 0 Å². The molecule has 3 nitrogen and oxygen atoms in total. The molecule has 0 radical (unpaired) electrons. The highest BCUT2D eigenvalue weighted by atomic mass is 16.5. The minimum atomic E-state index is 0.546. The van der Waals surface area contributed by atoms with E-state index in [1.807, 2.05) is 0 Å². The first-order valence-electron chi connectivity index (χ1n) is 8.36. The number of benzene rings is 1. The predicted octanol–water partition coefficient (Wildman–Crippen LogP) is 3.49. The van der Waals surface area contributed by atoms with Gasteiger partial charge in [0, 0.05) is 19.1 Å². The van der Waals surface area contributed by atoms with Gasteiger partial charge in [-0.25, -0.2) is 0 Å². The van der Waals surface area contributed by atoms with Crippen molar-refractivity contribution in [2.75, 3.05) is 38.2 Å². The molecular formula is C18H28N2O.